The van der Waals surface area contributed by atoms with E-state index in [2.05, 4.69) is 0 Å². The molecular weight excluding hydrogens is 375 g/mol. The molecule has 0 bridgehead atoms. The molecule has 2 amide bonds. The summed E-state index contributed by atoms with van der Waals surface area (Å²) in [4.78, 5) is 38.4. The molecule has 2 N–H and O–H groups in total. The standard InChI is InChI=1S/C19H20F3N3O3/c1-2-24-10-14(18(28)25-7-5-11(6-8-25)17(23)27)16(26)13-9-12(19(20,21)22)3-4-15(13)24/h3-4,9-11H,2,5-8H2,1H3,(H2,23,27). The van der Waals surface area contributed by atoms with E-state index in [1.165, 1.54) is 17.2 Å². The average Bonchev–Trinajstić information content (AvgIpc) is 2.67. The minimum Gasteiger partial charge on any atom is -0.369 e. The van der Waals surface area contributed by atoms with Crippen molar-refractivity contribution >= 4 is 22.7 Å². The fraction of sp³-hybridized carbons (Fsp3) is 0.421. The highest BCUT2D eigenvalue weighted by Crippen LogP contribution is 2.31. The summed E-state index contributed by atoms with van der Waals surface area (Å²) in [6.45, 7) is 2.68. The Morgan fingerprint density at radius 2 is 1.86 bits per heavy atom. The van der Waals surface area contributed by atoms with Gasteiger partial charge < -0.3 is 15.2 Å². The normalized spacial score (nSPS) is 15.8. The third-order valence-corrected chi connectivity index (χ3v) is 5.16. The molecule has 0 unspecified atom stereocenters. The minimum absolute atomic E-state index is 0.144. The Hall–Kier alpha value is -2.84. The van der Waals surface area contributed by atoms with Crippen LogP contribution in [0.25, 0.3) is 10.9 Å². The molecule has 6 nitrogen and oxygen atoms in total. The van der Waals surface area contributed by atoms with E-state index in [1.807, 2.05) is 0 Å². The predicted octanol–water partition coefficient (Wildman–Crippen LogP) is 2.38. The lowest BCUT2D eigenvalue weighted by Crippen LogP contribution is -2.43. The number of primary amides is 1. The van der Waals surface area contributed by atoms with E-state index in [4.69, 9.17) is 5.73 Å². The quantitative estimate of drug-likeness (QED) is 0.866. The number of rotatable bonds is 3. The Bertz CT molecular complexity index is 990. The fourth-order valence-corrected chi connectivity index (χ4v) is 3.53. The first-order valence-electron chi connectivity index (χ1n) is 8.96. The van der Waals surface area contributed by atoms with E-state index in [9.17, 15) is 27.6 Å². The minimum atomic E-state index is -4.59. The number of nitrogens with two attached hydrogens (primary N) is 1. The first kappa shape index (κ1) is 19.9. The highest BCUT2D eigenvalue weighted by Gasteiger charge is 2.32. The average molecular weight is 395 g/mol. The summed E-state index contributed by atoms with van der Waals surface area (Å²) in [6.07, 6.45) is -2.40. The number of hydrogen-bond acceptors (Lipinski definition) is 3. The van der Waals surface area contributed by atoms with Crippen LogP contribution in [0, 0.1) is 5.92 Å². The molecule has 1 aliphatic rings. The Kier molecular flexibility index (Phi) is 5.18. The van der Waals surface area contributed by atoms with Gasteiger partial charge in [0.05, 0.1) is 11.1 Å². The van der Waals surface area contributed by atoms with Crippen LogP contribution in [-0.2, 0) is 17.5 Å². The first-order valence-corrected chi connectivity index (χ1v) is 8.96. The largest absolute Gasteiger partial charge is 0.416 e. The molecule has 0 spiro atoms. The Balaban J connectivity index is 2.03. The molecule has 9 heteroatoms. The smallest absolute Gasteiger partial charge is 0.369 e. The van der Waals surface area contributed by atoms with Crippen LogP contribution in [0.5, 0.6) is 0 Å². The summed E-state index contributed by atoms with van der Waals surface area (Å²) in [7, 11) is 0. The van der Waals surface area contributed by atoms with Crippen LogP contribution in [0.2, 0.25) is 0 Å². The van der Waals surface area contributed by atoms with Gasteiger partial charge in [-0.05, 0) is 38.0 Å². The van der Waals surface area contributed by atoms with Crippen molar-refractivity contribution in [2.45, 2.75) is 32.5 Å². The van der Waals surface area contributed by atoms with Crippen LogP contribution in [0.1, 0.15) is 35.7 Å². The van der Waals surface area contributed by atoms with E-state index in [0.717, 1.165) is 12.1 Å². The predicted molar refractivity (Wildman–Crippen MR) is 96.7 cm³/mol. The second-order valence-electron chi connectivity index (χ2n) is 6.86. The number of fused-ring (bicyclic) bond motifs is 1. The van der Waals surface area contributed by atoms with Gasteiger partial charge in [0.25, 0.3) is 5.91 Å². The van der Waals surface area contributed by atoms with Gasteiger partial charge in [0.2, 0.25) is 11.3 Å². The fourth-order valence-electron chi connectivity index (χ4n) is 3.53. The molecule has 28 heavy (non-hydrogen) atoms. The van der Waals surface area contributed by atoms with Crippen molar-refractivity contribution in [2.75, 3.05) is 13.1 Å². The number of pyridine rings is 1. The van der Waals surface area contributed by atoms with E-state index in [0.29, 0.717) is 24.9 Å². The van der Waals surface area contributed by atoms with Gasteiger partial charge in [0, 0.05) is 37.1 Å². The Labute approximate surface area is 158 Å². The van der Waals surface area contributed by atoms with Crippen molar-refractivity contribution in [3.63, 3.8) is 0 Å². The summed E-state index contributed by atoms with van der Waals surface area (Å²) in [5.41, 5.74) is 3.78. The second kappa shape index (κ2) is 7.29. The molecule has 2 heterocycles. The van der Waals surface area contributed by atoms with Crippen molar-refractivity contribution < 1.29 is 22.8 Å². The summed E-state index contributed by atoms with van der Waals surface area (Å²) in [5, 5.41) is -0.144. The molecule has 1 aromatic heterocycles. The molecule has 1 aliphatic heterocycles. The second-order valence-corrected chi connectivity index (χ2v) is 6.86. The van der Waals surface area contributed by atoms with Gasteiger partial charge in [-0.25, -0.2) is 0 Å². The monoisotopic (exact) mass is 395 g/mol. The lowest BCUT2D eigenvalue weighted by atomic mass is 9.96. The third kappa shape index (κ3) is 3.61. The summed E-state index contributed by atoms with van der Waals surface area (Å²) >= 11 is 0. The van der Waals surface area contributed by atoms with E-state index in [1.54, 1.807) is 11.5 Å². The number of aryl methyl sites for hydroxylation is 1. The van der Waals surface area contributed by atoms with Crippen molar-refractivity contribution in [3.8, 4) is 0 Å². The van der Waals surface area contributed by atoms with Gasteiger partial charge in [-0.2, -0.15) is 13.2 Å². The zero-order chi connectivity index (χ0) is 20.6. The lowest BCUT2D eigenvalue weighted by molar-refractivity contribution is -0.137. The van der Waals surface area contributed by atoms with Crippen molar-refractivity contribution in [2.24, 2.45) is 11.7 Å². The maximum absolute atomic E-state index is 13.1. The van der Waals surface area contributed by atoms with E-state index < -0.39 is 29.0 Å². The number of benzene rings is 1. The van der Waals surface area contributed by atoms with Crippen molar-refractivity contribution in [1.82, 2.24) is 9.47 Å². The molecule has 0 aliphatic carbocycles. The Morgan fingerprint density at radius 3 is 2.39 bits per heavy atom. The number of amides is 2. The maximum Gasteiger partial charge on any atom is 0.416 e. The molecule has 150 valence electrons. The molecule has 3 rings (SSSR count). The molecule has 2 aromatic rings. The molecular formula is C19H20F3N3O3. The molecule has 0 atom stereocenters. The van der Waals surface area contributed by atoms with Crippen molar-refractivity contribution in [3.05, 3.63) is 45.7 Å². The topological polar surface area (TPSA) is 85.4 Å². The number of piperidine rings is 1. The molecule has 0 radical (unpaired) electrons. The number of nitrogens with zero attached hydrogens (tertiary/aromatic N) is 2. The third-order valence-electron chi connectivity index (χ3n) is 5.16. The van der Waals surface area contributed by atoms with Crippen molar-refractivity contribution in [1.29, 1.82) is 0 Å². The number of aromatic nitrogens is 1. The highest BCUT2D eigenvalue weighted by atomic mass is 19.4. The molecule has 1 aromatic carbocycles. The van der Waals surface area contributed by atoms with Gasteiger partial charge >= 0.3 is 6.18 Å². The van der Waals surface area contributed by atoms with Crippen LogP contribution in [-0.4, -0.2) is 34.4 Å². The summed E-state index contributed by atoms with van der Waals surface area (Å²) in [6, 6.07) is 2.96. The number of carbonyl (C=O) groups excluding carboxylic acids is 2. The molecule has 0 saturated carbocycles. The Morgan fingerprint density at radius 1 is 1.21 bits per heavy atom. The first-order chi connectivity index (χ1) is 13.1. The SMILES string of the molecule is CCn1cc(C(=O)N2CCC(C(N)=O)CC2)c(=O)c2cc(C(F)(F)F)ccc21. The summed E-state index contributed by atoms with van der Waals surface area (Å²) in [5.74, 6) is -1.29. The van der Waals surface area contributed by atoms with Crippen LogP contribution in [0.15, 0.2) is 29.2 Å². The van der Waals surface area contributed by atoms with Gasteiger partial charge in [-0.15, -0.1) is 0 Å². The number of alkyl halides is 3. The number of likely N-dealkylation sites (tertiary alicyclic amines) is 1. The molecule has 1 fully saturated rings. The molecule has 1 saturated heterocycles. The van der Waals surface area contributed by atoms with E-state index >= 15 is 0 Å². The van der Waals surface area contributed by atoms with Gasteiger partial charge in [-0.1, -0.05) is 0 Å². The highest BCUT2D eigenvalue weighted by molar-refractivity contribution is 5.97. The number of carbonyl (C=O) groups is 2. The van der Waals surface area contributed by atoms with Gasteiger partial charge in [0.15, 0.2) is 0 Å². The van der Waals surface area contributed by atoms with Gasteiger partial charge in [0.1, 0.15) is 5.56 Å². The van der Waals surface area contributed by atoms with Crippen LogP contribution >= 0.6 is 0 Å². The van der Waals surface area contributed by atoms with Gasteiger partial charge in [-0.3, -0.25) is 14.4 Å². The lowest BCUT2D eigenvalue weighted by Gasteiger charge is -2.30. The van der Waals surface area contributed by atoms with E-state index in [-0.39, 0.29) is 30.0 Å². The number of hydrogen-bond donors (Lipinski definition) is 1. The zero-order valence-corrected chi connectivity index (χ0v) is 15.3. The van der Waals surface area contributed by atoms with Crippen LogP contribution in [0.3, 0.4) is 0 Å². The van der Waals surface area contributed by atoms with Crippen LogP contribution < -0.4 is 11.2 Å². The van der Waals surface area contributed by atoms with Crippen LogP contribution in [0.4, 0.5) is 13.2 Å². The zero-order valence-electron chi connectivity index (χ0n) is 15.3. The number of halogens is 3. The maximum atomic E-state index is 13.1. The summed E-state index contributed by atoms with van der Waals surface area (Å²) < 4.78 is 40.8.